The van der Waals surface area contributed by atoms with E-state index in [1.54, 1.807) is 12.1 Å². The summed E-state index contributed by atoms with van der Waals surface area (Å²) >= 11 is 0. The summed E-state index contributed by atoms with van der Waals surface area (Å²) in [5.74, 6) is 0. The molecule has 0 amide bonds. The Balaban J connectivity index is 2.78. The summed E-state index contributed by atoms with van der Waals surface area (Å²) in [7, 11) is 0. The van der Waals surface area contributed by atoms with Gasteiger partial charge in [0.05, 0.1) is 5.69 Å². The van der Waals surface area contributed by atoms with Gasteiger partial charge in [-0.2, -0.15) is 5.10 Å². The zero-order chi connectivity index (χ0) is 10.4. The molecule has 0 aliphatic rings. The fraction of sp³-hybridized carbons (Fsp3) is 0.600. The molecule has 1 rings (SSSR count). The van der Waals surface area contributed by atoms with Gasteiger partial charge in [0.25, 0.3) is 5.56 Å². The summed E-state index contributed by atoms with van der Waals surface area (Å²) < 4.78 is 1.52. The van der Waals surface area contributed by atoms with Crippen molar-refractivity contribution in [2.45, 2.75) is 33.4 Å². The Morgan fingerprint density at radius 2 is 2.21 bits per heavy atom. The molecule has 0 unspecified atom stereocenters. The van der Waals surface area contributed by atoms with E-state index in [0.717, 1.165) is 25.2 Å². The van der Waals surface area contributed by atoms with Gasteiger partial charge in [-0.25, -0.2) is 4.68 Å². The van der Waals surface area contributed by atoms with Crippen LogP contribution in [0.15, 0.2) is 16.9 Å². The molecule has 1 aromatic rings. The first-order chi connectivity index (χ1) is 6.77. The molecule has 0 aromatic carbocycles. The molecule has 0 spiro atoms. The summed E-state index contributed by atoms with van der Waals surface area (Å²) in [5, 5.41) is 7.42. The molecule has 1 heterocycles. The van der Waals surface area contributed by atoms with Gasteiger partial charge in [-0.1, -0.05) is 13.8 Å². The average Bonchev–Trinajstić information content (AvgIpc) is 2.19. The molecule has 1 aromatic heterocycles. The molecule has 0 saturated carbocycles. The Kier molecular flexibility index (Phi) is 4.32. The lowest BCUT2D eigenvalue weighted by atomic mass is 10.4. The number of rotatable bonds is 5. The van der Waals surface area contributed by atoms with Crippen molar-refractivity contribution in [2.75, 3.05) is 6.54 Å². The smallest absolute Gasteiger partial charge is 0.266 e. The largest absolute Gasteiger partial charge is 0.311 e. The summed E-state index contributed by atoms with van der Waals surface area (Å²) in [6, 6.07) is 3.35. The van der Waals surface area contributed by atoms with Crippen LogP contribution in [-0.2, 0) is 13.1 Å². The van der Waals surface area contributed by atoms with Gasteiger partial charge in [0.1, 0.15) is 0 Å². The molecule has 0 aliphatic carbocycles. The maximum Gasteiger partial charge on any atom is 0.266 e. The van der Waals surface area contributed by atoms with E-state index >= 15 is 0 Å². The lowest BCUT2D eigenvalue weighted by Gasteiger charge is -2.05. The second kappa shape index (κ2) is 5.54. The molecule has 0 fully saturated rings. The van der Waals surface area contributed by atoms with Crippen LogP contribution in [0, 0.1) is 0 Å². The van der Waals surface area contributed by atoms with Gasteiger partial charge in [-0.3, -0.25) is 4.79 Å². The predicted octanol–water partition coefficient (Wildman–Crippen LogP) is 0.763. The summed E-state index contributed by atoms with van der Waals surface area (Å²) in [6.45, 7) is 6.40. The van der Waals surface area contributed by atoms with E-state index in [0.29, 0.717) is 6.54 Å². The van der Waals surface area contributed by atoms with Gasteiger partial charge in [0.2, 0.25) is 0 Å². The van der Waals surface area contributed by atoms with E-state index in [-0.39, 0.29) is 5.56 Å². The average molecular weight is 195 g/mol. The topological polar surface area (TPSA) is 46.9 Å². The summed E-state index contributed by atoms with van der Waals surface area (Å²) in [6.07, 6.45) is 0.928. The van der Waals surface area contributed by atoms with E-state index < -0.39 is 0 Å². The fourth-order valence-corrected chi connectivity index (χ4v) is 1.21. The third kappa shape index (κ3) is 2.96. The number of nitrogens with one attached hydrogen (secondary N) is 1. The molecule has 14 heavy (non-hydrogen) atoms. The SMILES string of the molecule is CCCn1nc(CNCC)ccc1=O. The first-order valence-corrected chi connectivity index (χ1v) is 5.05. The summed E-state index contributed by atoms with van der Waals surface area (Å²) in [5.41, 5.74) is 0.895. The van der Waals surface area contributed by atoms with Crippen molar-refractivity contribution < 1.29 is 0 Å². The highest BCUT2D eigenvalue weighted by Gasteiger charge is 1.98. The van der Waals surface area contributed by atoms with Crippen LogP contribution in [0.5, 0.6) is 0 Å². The molecule has 1 N–H and O–H groups in total. The number of aromatic nitrogens is 2. The van der Waals surface area contributed by atoms with Crippen LogP contribution >= 0.6 is 0 Å². The van der Waals surface area contributed by atoms with Gasteiger partial charge in [-0.15, -0.1) is 0 Å². The standard InChI is InChI=1S/C10H17N3O/c1-3-7-13-10(14)6-5-9(12-13)8-11-4-2/h5-6,11H,3-4,7-8H2,1-2H3. The van der Waals surface area contributed by atoms with Crippen LogP contribution in [0.2, 0.25) is 0 Å². The van der Waals surface area contributed by atoms with Crippen molar-refractivity contribution in [1.29, 1.82) is 0 Å². The van der Waals surface area contributed by atoms with Gasteiger partial charge in [0, 0.05) is 19.2 Å². The Bertz CT molecular complexity index is 332. The minimum atomic E-state index is -0.0212. The highest BCUT2D eigenvalue weighted by Crippen LogP contribution is 1.90. The molecule has 0 atom stereocenters. The summed E-state index contributed by atoms with van der Waals surface area (Å²) in [4.78, 5) is 11.3. The van der Waals surface area contributed by atoms with E-state index in [1.807, 2.05) is 13.8 Å². The molecular formula is C10H17N3O. The van der Waals surface area contributed by atoms with E-state index in [2.05, 4.69) is 10.4 Å². The Labute approximate surface area is 84.0 Å². The highest BCUT2D eigenvalue weighted by atomic mass is 16.1. The van der Waals surface area contributed by atoms with E-state index in [4.69, 9.17) is 0 Å². The van der Waals surface area contributed by atoms with Gasteiger partial charge >= 0.3 is 0 Å². The number of nitrogens with zero attached hydrogens (tertiary/aromatic N) is 2. The minimum Gasteiger partial charge on any atom is -0.311 e. The lowest BCUT2D eigenvalue weighted by molar-refractivity contribution is 0.546. The van der Waals surface area contributed by atoms with Crippen LogP contribution in [0.1, 0.15) is 26.0 Å². The predicted molar refractivity (Wildman–Crippen MR) is 56.2 cm³/mol. The van der Waals surface area contributed by atoms with E-state index in [1.165, 1.54) is 4.68 Å². The number of aryl methyl sites for hydroxylation is 1. The highest BCUT2D eigenvalue weighted by molar-refractivity contribution is 4.99. The molecule has 4 heteroatoms. The molecule has 0 radical (unpaired) electrons. The van der Waals surface area contributed by atoms with Crippen LogP contribution in [-0.4, -0.2) is 16.3 Å². The second-order valence-electron chi connectivity index (χ2n) is 3.17. The lowest BCUT2D eigenvalue weighted by Crippen LogP contribution is -2.24. The molecule has 0 bridgehead atoms. The van der Waals surface area contributed by atoms with Crippen LogP contribution in [0.25, 0.3) is 0 Å². The maximum atomic E-state index is 11.3. The molecular weight excluding hydrogens is 178 g/mol. The van der Waals surface area contributed by atoms with Gasteiger partial charge in [0.15, 0.2) is 0 Å². The number of hydrogen-bond acceptors (Lipinski definition) is 3. The zero-order valence-electron chi connectivity index (χ0n) is 8.79. The quantitative estimate of drug-likeness (QED) is 0.754. The molecule has 0 saturated heterocycles. The molecule has 4 nitrogen and oxygen atoms in total. The third-order valence-corrected chi connectivity index (χ3v) is 1.91. The van der Waals surface area contributed by atoms with Crippen LogP contribution < -0.4 is 10.9 Å². The Hall–Kier alpha value is -1.16. The zero-order valence-corrected chi connectivity index (χ0v) is 8.79. The number of hydrogen-bond donors (Lipinski definition) is 1. The van der Waals surface area contributed by atoms with Crippen molar-refractivity contribution in [1.82, 2.24) is 15.1 Å². The van der Waals surface area contributed by atoms with Gasteiger partial charge < -0.3 is 5.32 Å². The minimum absolute atomic E-state index is 0.0212. The van der Waals surface area contributed by atoms with Crippen molar-refractivity contribution >= 4 is 0 Å². The molecule has 0 aliphatic heterocycles. The second-order valence-corrected chi connectivity index (χ2v) is 3.17. The van der Waals surface area contributed by atoms with E-state index in [9.17, 15) is 4.79 Å². The normalized spacial score (nSPS) is 10.4. The van der Waals surface area contributed by atoms with Crippen molar-refractivity contribution in [3.05, 3.63) is 28.2 Å². The van der Waals surface area contributed by atoms with Crippen LogP contribution in [0.4, 0.5) is 0 Å². The molecule has 78 valence electrons. The van der Waals surface area contributed by atoms with Crippen molar-refractivity contribution in [3.8, 4) is 0 Å². The van der Waals surface area contributed by atoms with Crippen molar-refractivity contribution in [2.24, 2.45) is 0 Å². The maximum absolute atomic E-state index is 11.3. The monoisotopic (exact) mass is 195 g/mol. The Morgan fingerprint density at radius 3 is 2.86 bits per heavy atom. The first kappa shape index (κ1) is 10.9. The van der Waals surface area contributed by atoms with Gasteiger partial charge in [-0.05, 0) is 19.0 Å². The van der Waals surface area contributed by atoms with Crippen molar-refractivity contribution in [3.63, 3.8) is 0 Å². The first-order valence-electron chi connectivity index (χ1n) is 5.05. The fourth-order valence-electron chi connectivity index (χ4n) is 1.21. The Morgan fingerprint density at radius 1 is 1.43 bits per heavy atom. The van der Waals surface area contributed by atoms with Crippen LogP contribution in [0.3, 0.4) is 0 Å². The third-order valence-electron chi connectivity index (χ3n) is 1.91.